The Bertz CT molecular complexity index is 6.00. The van der Waals surface area contributed by atoms with Gasteiger partial charge in [0.1, 0.15) is 0 Å². The molecule has 0 aliphatic rings. The topological polar surface area (TPSA) is 100 Å². The van der Waals surface area contributed by atoms with Crippen molar-refractivity contribution in [3.05, 3.63) is 12.3 Å². The summed E-state index contributed by atoms with van der Waals surface area (Å²) in [5, 5.41) is 0. The number of hydrogen-bond acceptors (Lipinski definition) is 0. The van der Waals surface area contributed by atoms with E-state index in [-0.39, 0.29) is 38.8 Å². The van der Waals surface area contributed by atoms with E-state index in [1.807, 2.05) is 0 Å². The first-order chi connectivity index (χ1) is 0. The minimum Gasteiger partial charge on any atom is -0.693 e. The molecule has 0 saturated heterocycles. The zero-order valence-electron chi connectivity index (χ0n) is 2.05. The molecule has 0 aliphatic heterocycles. The molecule has 4 heteroatoms. The Morgan fingerprint density at radius 3 is 0.750 bits per heavy atom. The van der Waals surface area contributed by atoms with Gasteiger partial charge in [0, 0.05) is 0 Å². The van der Waals surface area contributed by atoms with Crippen LogP contribution in [0.5, 0.6) is 0 Å². The molecule has 4 heavy (non-hydrogen) atoms. The van der Waals surface area contributed by atoms with Crippen LogP contribution in [-0.2, 0) is 26.5 Å². The van der Waals surface area contributed by atoms with E-state index >= 15 is 0 Å². The van der Waals surface area contributed by atoms with Crippen molar-refractivity contribution in [1.29, 1.82) is 0 Å². The van der Waals surface area contributed by atoms with E-state index in [4.69, 9.17) is 0 Å². The molecule has 0 aromatic carbocycles. The van der Waals surface area contributed by atoms with Crippen molar-refractivity contribution in [2.24, 2.45) is 0 Å². The van der Waals surface area contributed by atoms with Gasteiger partial charge in [0.2, 0.25) is 0 Å². The third-order valence-corrected chi connectivity index (χ3v) is 0. The van der Waals surface area contributed by atoms with Gasteiger partial charge < -0.3 is 17.8 Å². The minimum atomic E-state index is 0. The average Bonchev–Trinajstić information content (AvgIpc) is 0. The number of rotatable bonds is 0. The maximum atomic E-state index is 0. The fourth-order valence-corrected chi connectivity index (χ4v) is 0. The van der Waals surface area contributed by atoms with Gasteiger partial charge in [-0.2, -0.15) is 0 Å². The van der Waals surface area contributed by atoms with Crippen LogP contribution in [-0.4, -0.2) is 0 Å². The van der Waals surface area contributed by atoms with E-state index in [2.05, 4.69) is 0 Å². The SMILES string of the molecule is [NH2-].[NH2-].[OH3+].[Pt+4]. The molecular formula is H7N2OPt+3. The van der Waals surface area contributed by atoms with Gasteiger partial charge in [0.05, 0.1) is 0 Å². The summed E-state index contributed by atoms with van der Waals surface area (Å²) < 4.78 is 0. The zero-order chi connectivity index (χ0) is 0. The molecule has 0 rings (SSSR count). The van der Waals surface area contributed by atoms with Crippen molar-refractivity contribution in [2.45, 2.75) is 0 Å². The molecule has 3 nitrogen and oxygen atoms in total. The first-order valence-electron chi connectivity index (χ1n) is 0. The van der Waals surface area contributed by atoms with Crippen molar-refractivity contribution in [3.8, 4) is 0 Å². The predicted molar refractivity (Wildman–Crippen MR) is 15.4 cm³/mol. The van der Waals surface area contributed by atoms with Crippen LogP contribution in [0.3, 0.4) is 0 Å². The molecule has 0 atom stereocenters. The molecule has 0 aliphatic carbocycles. The average molecular weight is 246 g/mol. The summed E-state index contributed by atoms with van der Waals surface area (Å²) in [6.07, 6.45) is 0. The van der Waals surface area contributed by atoms with Crippen LogP contribution in [0.15, 0.2) is 0 Å². The van der Waals surface area contributed by atoms with Crippen LogP contribution in [0.1, 0.15) is 0 Å². The van der Waals surface area contributed by atoms with Crippen LogP contribution in [0.2, 0.25) is 0 Å². The van der Waals surface area contributed by atoms with E-state index in [1.54, 1.807) is 0 Å². The predicted octanol–water partition coefficient (Wildman–Crippen LogP) is 0.510. The Morgan fingerprint density at radius 2 is 0.750 bits per heavy atom. The van der Waals surface area contributed by atoms with E-state index < -0.39 is 0 Å². The number of hydrogen-bond donors (Lipinski definition) is 0. The van der Waals surface area contributed by atoms with Crippen molar-refractivity contribution < 1.29 is 26.5 Å². The van der Waals surface area contributed by atoms with Crippen molar-refractivity contribution in [2.75, 3.05) is 0 Å². The molecule has 0 aromatic heterocycles. The summed E-state index contributed by atoms with van der Waals surface area (Å²) in [4.78, 5) is 0. The van der Waals surface area contributed by atoms with Gasteiger partial charge in [-0.3, -0.25) is 0 Å². The molecule has 0 unspecified atom stereocenters. The van der Waals surface area contributed by atoms with Crippen molar-refractivity contribution in [1.82, 2.24) is 0 Å². The quantitative estimate of drug-likeness (QED) is 0.556. The van der Waals surface area contributed by atoms with Gasteiger partial charge in [0.25, 0.3) is 0 Å². The normalized spacial score (nSPS) is 0. The molecule has 0 saturated carbocycles. The van der Waals surface area contributed by atoms with Crippen LogP contribution in [0.4, 0.5) is 0 Å². The smallest absolute Gasteiger partial charge is 0.693 e. The van der Waals surface area contributed by atoms with Crippen LogP contribution in [0.25, 0.3) is 12.3 Å². The molecule has 7 N–H and O–H groups in total. The Balaban J connectivity index is 0. The fraction of sp³-hybridized carbons (Fsp3) is 0. The summed E-state index contributed by atoms with van der Waals surface area (Å²) in [7, 11) is 0. The second kappa shape index (κ2) is 72.9. The molecule has 0 bridgehead atoms. The van der Waals surface area contributed by atoms with Gasteiger partial charge in [-0.05, 0) is 0 Å². The number of nitrogens with two attached hydrogens (primary N) is 2. The summed E-state index contributed by atoms with van der Waals surface area (Å²) in [6, 6.07) is 0. The maximum Gasteiger partial charge on any atom is 4.00 e. The van der Waals surface area contributed by atoms with Crippen LogP contribution in [0, 0.1) is 0 Å². The summed E-state index contributed by atoms with van der Waals surface area (Å²) in [5.41, 5.74) is 0. The van der Waals surface area contributed by atoms with Gasteiger partial charge in [-0.15, -0.1) is 0 Å². The third kappa shape index (κ3) is 19.6. The first-order valence-corrected chi connectivity index (χ1v) is 0. The summed E-state index contributed by atoms with van der Waals surface area (Å²) in [5.74, 6) is 0. The molecule has 30 valence electrons. The Hall–Kier alpha value is 0.568. The first kappa shape index (κ1) is 180. The van der Waals surface area contributed by atoms with Gasteiger partial charge in [-0.1, -0.05) is 0 Å². The van der Waals surface area contributed by atoms with E-state index in [1.165, 1.54) is 0 Å². The second-order valence-corrected chi connectivity index (χ2v) is 0. The molecule has 0 radical (unpaired) electrons. The Kier molecular flexibility index (Phi) is 3280. The van der Waals surface area contributed by atoms with E-state index in [0.717, 1.165) is 0 Å². The fourth-order valence-electron chi connectivity index (χ4n) is 0. The standard InChI is InChI=1S/2H2N.H2O.Pt/h3*1H2;/q2*-1;;+4/p+1. The Morgan fingerprint density at radius 1 is 0.750 bits per heavy atom. The minimum absolute atomic E-state index is 0. The molecular weight excluding hydrogens is 239 g/mol. The Labute approximate surface area is 39.5 Å². The molecule has 0 heterocycles. The van der Waals surface area contributed by atoms with Crippen LogP contribution < -0.4 is 0 Å². The van der Waals surface area contributed by atoms with E-state index in [9.17, 15) is 0 Å². The molecule has 0 amide bonds. The molecule has 0 aromatic rings. The monoisotopic (exact) mass is 246 g/mol. The van der Waals surface area contributed by atoms with Gasteiger partial charge in [-0.25, -0.2) is 0 Å². The zero-order valence-corrected chi connectivity index (χ0v) is 4.32. The molecule has 0 fully saturated rings. The van der Waals surface area contributed by atoms with Gasteiger partial charge in [0.15, 0.2) is 0 Å². The van der Waals surface area contributed by atoms with Crippen molar-refractivity contribution >= 4 is 0 Å². The maximum absolute atomic E-state index is 0. The largest absolute Gasteiger partial charge is 4.00 e. The van der Waals surface area contributed by atoms with Crippen LogP contribution >= 0.6 is 0 Å². The second-order valence-electron chi connectivity index (χ2n) is 0. The summed E-state index contributed by atoms with van der Waals surface area (Å²) in [6.45, 7) is 0. The third-order valence-electron chi connectivity index (χ3n) is 0. The summed E-state index contributed by atoms with van der Waals surface area (Å²) >= 11 is 0. The van der Waals surface area contributed by atoms with Crippen molar-refractivity contribution in [3.63, 3.8) is 0 Å². The molecule has 0 spiro atoms. The van der Waals surface area contributed by atoms with E-state index in [0.29, 0.717) is 0 Å². The van der Waals surface area contributed by atoms with Gasteiger partial charge >= 0.3 is 21.1 Å².